The van der Waals surface area contributed by atoms with E-state index in [0.29, 0.717) is 42.6 Å². The van der Waals surface area contributed by atoms with Crippen LogP contribution in [0.4, 0.5) is 10.6 Å². The van der Waals surface area contributed by atoms with Crippen LogP contribution in [0.15, 0.2) is 29.1 Å². The van der Waals surface area contributed by atoms with E-state index >= 15 is 0 Å². The molecular weight excluding hydrogens is 733 g/mol. The van der Waals surface area contributed by atoms with E-state index in [1.54, 1.807) is 20.8 Å². The van der Waals surface area contributed by atoms with Crippen LogP contribution in [0, 0.1) is 11.8 Å². The first kappa shape index (κ1) is 43.5. The average molecular weight is 795 g/mol. The molecule has 3 amide bonds. The Bertz CT molecular complexity index is 1820. The maximum Gasteiger partial charge on any atom is 0.413 e. The van der Waals surface area contributed by atoms with Gasteiger partial charge in [0.05, 0.1) is 19.2 Å². The molecule has 57 heavy (non-hydrogen) atoms. The first-order chi connectivity index (χ1) is 27.3. The van der Waals surface area contributed by atoms with Gasteiger partial charge in [-0.2, -0.15) is 9.97 Å². The number of likely N-dealkylation sites (tertiary alicyclic amines) is 2. The number of nitrogens with two attached hydrogens (primary N) is 2. The fourth-order valence-electron chi connectivity index (χ4n) is 7.59. The van der Waals surface area contributed by atoms with Gasteiger partial charge in [-0.3, -0.25) is 29.2 Å². The lowest BCUT2D eigenvalue weighted by molar-refractivity contribution is -0.134. The predicted molar refractivity (Wildman–Crippen MR) is 216 cm³/mol. The van der Waals surface area contributed by atoms with Crippen molar-refractivity contribution in [3.63, 3.8) is 0 Å². The van der Waals surface area contributed by atoms with E-state index < -0.39 is 17.7 Å². The van der Waals surface area contributed by atoms with Crippen LogP contribution >= 0.6 is 0 Å². The maximum absolute atomic E-state index is 13.2. The van der Waals surface area contributed by atoms with Crippen LogP contribution in [0.5, 0.6) is 6.01 Å². The molecule has 2 aliphatic rings. The molecule has 2 aliphatic heterocycles. The maximum atomic E-state index is 13.2. The van der Waals surface area contributed by atoms with E-state index in [2.05, 4.69) is 54.4 Å². The first-order valence-corrected chi connectivity index (χ1v) is 20.4. The molecule has 4 heterocycles. The summed E-state index contributed by atoms with van der Waals surface area (Å²) in [5, 5.41) is 5.37. The largest absolute Gasteiger partial charge is 0.463 e. The zero-order valence-electron chi connectivity index (χ0n) is 34.0. The molecule has 0 bridgehead atoms. The van der Waals surface area contributed by atoms with Crippen LogP contribution in [0.2, 0.25) is 0 Å². The number of amides is 3. The third kappa shape index (κ3) is 13.0. The van der Waals surface area contributed by atoms with Gasteiger partial charge in [0.2, 0.25) is 11.8 Å². The Morgan fingerprint density at radius 3 is 2.23 bits per heavy atom. The van der Waals surface area contributed by atoms with Gasteiger partial charge in [-0.25, -0.2) is 15.5 Å². The Labute approximate surface area is 334 Å². The van der Waals surface area contributed by atoms with Crippen LogP contribution in [-0.2, 0) is 32.3 Å². The molecule has 2 saturated heterocycles. The standard InChI is InChI=1S/C40H62N10O7/c1-5-6-23-55-37-45-34(46-39(54)57-40(2,3)4)33-35(47-37)50(38(53)44-33)25-28-12-10-27(11-13-28)24-48-19-14-29(15-20-48)30-16-21-49(22-17-30)36(52)31(41)9-7-8-18-43-32(51)26-56-42/h10-13,29-31H,5-9,14-26,41-42H2,1-4H3,(H,43,51)(H,44,53)(H,45,46,47,54)/t31-/m0/s1. The number of rotatable bonds is 18. The van der Waals surface area contributed by atoms with Crippen molar-refractivity contribution in [2.45, 2.75) is 110 Å². The summed E-state index contributed by atoms with van der Waals surface area (Å²) in [6.45, 7) is 12.8. The van der Waals surface area contributed by atoms with Gasteiger partial charge in [-0.1, -0.05) is 37.6 Å². The first-order valence-electron chi connectivity index (χ1n) is 20.4. The van der Waals surface area contributed by atoms with Crippen LogP contribution in [-0.4, -0.2) is 105 Å². The van der Waals surface area contributed by atoms with Gasteiger partial charge in [0.1, 0.15) is 17.7 Å². The average Bonchev–Trinajstić information content (AvgIpc) is 3.49. The number of nitrogens with one attached hydrogen (secondary N) is 3. The van der Waals surface area contributed by atoms with E-state index in [9.17, 15) is 19.2 Å². The number of carbonyl (C=O) groups is 3. The third-order valence-corrected chi connectivity index (χ3v) is 10.7. The summed E-state index contributed by atoms with van der Waals surface area (Å²) in [5.74, 6) is 6.06. The molecule has 17 heteroatoms. The number of unbranched alkanes of at least 4 members (excludes halogenated alkanes) is 2. The Balaban J connectivity index is 1.09. The number of piperidine rings is 2. The number of aromatic amines is 1. The topological polar surface area (TPSA) is 225 Å². The van der Waals surface area contributed by atoms with E-state index in [1.165, 1.54) is 10.1 Å². The number of hydrogen-bond donors (Lipinski definition) is 5. The molecule has 0 radical (unpaired) electrons. The van der Waals surface area contributed by atoms with Crippen molar-refractivity contribution in [2.75, 3.05) is 51.3 Å². The summed E-state index contributed by atoms with van der Waals surface area (Å²) in [4.78, 5) is 70.8. The Morgan fingerprint density at radius 1 is 0.947 bits per heavy atom. The molecule has 0 aliphatic carbocycles. The van der Waals surface area contributed by atoms with Crippen molar-refractivity contribution in [3.05, 3.63) is 45.9 Å². The van der Waals surface area contributed by atoms with E-state index in [0.717, 1.165) is 89.7 Å². The van der Waals surface area contributed by atoms with Gasteiger partial charge in [0.25, 0.3) is 0 Å². The third-order valence-electron chi connectivity index (χ3n) is 10.7. The molecule has 5 rings (SSSR count). The smallest absolute Gasteiger partial charge is 0.413 e. The minimum absolute atomic E-state index is 0.0283. The summed E-state index contributed by atoms with van der Waals surface area (Å²) in [6, 6.07) is 7.85. The highest BCUT2D eigenvalue weighted by Gasteiger charge is 2.32. The molecule has 0 unspecified atom stereocenters. The zero-order chi connectivity index (χ0) is 41.0. The van der Waals surface area contributed by atoms with Gasteiger partial charge >= 0.3 is 17.8 Å². The van der Waals surface area contributed by atoms with Crippen LogP contribution in [0.25, 0.3) is 11.2 Å². The monoisotopic (exact) mass is 794 g/mol. The Morgan fingerprint density at radius 2 is 1.60 bits per heavy atom. The molecule has 2 fully saturated rings. The van der Waals surface area contributed by atoms with Crippen molar-refractivity contribution < 1.29 is 28.7 Å². The van der Waals surface area contributed by atoms with Crippen LogP contribution in [0.3, 0.4) is 0 Å². The molecule has 0 spiro atoms. The molecule has 17 nitrogen and oxygen atoms in total. The normalized spacial score (nSPS) is 16.4. The number of carbonyl (C=O) groups excluding carboxylic acids is 3. The Kier molecular flexibility index (Phi) is 15.8. The number of benzene rings is 1. The number of nitrogens with zero attached hydrogens (tertiary/aromatic N) is 5. The molecule has 1 atom stereocenters. The number of anilines is 1. The molecule has 7 N–H and O–H groups in total. The number of ether oxygens (including phenoxy) is 2. The summed E-state index contributed by atoms with van der Waals surface area (Å²) in [7, 11) is 0. The quantitative estimate of drug-likeness (QED) is 0.0920. The molecule has 0 saturated carbocycles. The van der Waals surface area contributed by atoms with Crippen LogP contribution < -0.4 is 32.7 Å². The molecular formula is C40H62N10O7. The summed E-state index contributed by atoms with van der Waals surface area (Å²) >= 11 is 0. The summed E-state index contributed by atoms with van der Waals surface area (Å²) < 4.78 is 12.7. The minimum atomic E-state index is -0.718. The molecule has 1 aromatic carbocycles. The van der Waals surface area contributed by atoms with E-state index in [-0.39, 0.29) is 42.5 Å². The highest BCUT2D eigenvalue weighted by molar-refractivity contribution is 5.93. The van der Waals surface area contributed by atoms with E-state index in [1.807, 2.05) is 17.0 Å². The highest BCUT2D eigenvalue weighted by Crippen LogP contribution is 2.33. The molecule has 2 aromatic heterocycles. The highest BCUT2D eigenvalue weighted by atomic mass is 16.6. The minimum Gasteiger partial charge on any atom is -0.463 e. The number of hydrogen-bond acceptors (Lipinski definition) is 12. The van der Waals surface area contributed by atoms with Crippen molar-refractivity contribution in [2.24, 2.45) is 23.5 Å². The van der Waals surface area contributed by atoms with Gasteiger partial charge < -0.3 is 30.4 Å². The van der Waals surface area contributed by atoms with Crippen molar-refractivity contribution >= 4 is 34.9 Å². The van der Waals surface area contributed by atoms with Crippen molar-refractivity contribution in [1.82, 2.24) is 34.6 Å². The summed E-state index contributed by atoms with van der Waals surface area (Å²) in [6.07, 6.45) is 7.44. The van der Waals surface area contributed by atoms with Crippen LogP contribution in [0.1, 0.15) is 96.6 Å². The second-order valence-corrected chi connectivity index (χ2v) is 16.3. The SMILES string of the molecule is CCCCOc1nc(NC(=O)OC(C)(C)C)c2[nH]c(=O)n(Cc3ccc(CN4CCC(C5CCN(C(=O)[C@@H](N)CCCCNC(=O)CON)CC5)CC4)cc3)c2n1. The van der Waals surface area contributed by atoms with Gasteiger partial charge in [0, 0.05) is 26.2 Å². The van der Waals surface area contributed by atoms with Gasteiger partial charge in [-0.15, -0.1) is 0 Å². The zero-order valence-corrected chi connectivity index (χ0v) is 34.0. The molecule has 3 aromatic rings. The predicted octanol–water partition coefficient (Wildman–Crippen LogP) is 3.65. The number of aromatic nitrogens is 4. The fourth-order valence-corrected chi connectivity index (χ4v) is 7.59. The number of imidazole rings is 1. The lowest BCUT2D eigenvalue weighted by Gasteiger charge is -2.40. The lowest BCUT2D eigenvalue weighted by Crippen LogP contribution is -2.48. The van der Waals surface area contributed by atoms with Gasteiger partial charge in [-0.05, 0) is 108 Å². The number of fused-ring (bicyclic) bond motifs is 1. The molecule has 314 valence electrons. The number of H-pyrrole nitrogens is 1. The Hall–Kier alpha value is -4.58. The van der Waals surface area contributed by atoms with Crippen molar-refractivity contribution in [1.29, 1.82) is 0 Å². The second kappa shape index (κ2) is 20.7. The fraction of sp³-hybridized carbons (Fsp3) is 0.650. The lowest BCUT2D eigenvalue weighted by atomic mass is 9.78. The van der Waals surface area contributed by atoms with Gasteiger partial charge in [0.15, 0.2) is 11.5 Å². The second-order valence-electron chi connectivity index (χ2n) is 16.3. The van der Waals surface area contributed by atoms with E-state index in [4.69, 9.17) is 21.1 Å². The summed E-state index contributed by atoms with van der Waals surface area (Å²) in [5.41, 5.74) is 7.91. The van der Waals surface area contributed by atoms with Crippen molar-refractivity contribution in [3.8, 4) is 6.01 Å².